The van der Waals surface area contributed by atoms with Gasteiger partial charge in [-0.25, -0.2) is 0 Å². The molecule has 0 atom stereocenters. The van der Waals surface area contributed by atoms with E-state index in [-0.39, 0.29) is 0 Å². The van der Waals surface area contributed by atoms with Crippen LogP contribution in [-0.2, 0) is 4.79 Å². The summed E-state index contributed by atoms with van der Waals surface area (Å²) in [6.07, 6.45) is 5.28. The minimum Gasteiger partial charge on any atom is -0.285 e. The van der Waals surface area contributed by atoms with Gasteiger partial charge in [0.05, 0.1) is 0 Å². The van der Waals surface area contributed by atoms with Gasteiger partial charge in [0.15, 0.2) is 0 Å². The lowest BCUT2D eigenvalue weighted by atomic mass is 10.1. The first-order chi connectivity index (χ1) is 9.89. The number of ketones is 1. The molecule has 0 bridgehead atoms. The Morgan fingerprint density at radius 2 is 1.67 bits per heavy atom. The maximum atomic E-state index is 11.9. The highest BCUT2D eigenvalue weighted by Crippen LogP contribution is 2.16. The summed E-state index contributed by atoms with van der Waals surface area (Å²) in [5, 5.41) is 0. The molecule has 0 spiro atoms. The molecule has 1 aromatic rings. The number of allylic oxidation sites excluding steroid dienone is 7. The molecule has 110 valence electrons. The van der Waals surface area contributed by atoms with Crippen LogP contribution in [0.25, 0.3) is 6.08 Å². The molecular formula is C17H15F3O. The van der Waals surface area contributed by atoms with Gasteiger partial charge in [-0.3, -0.25) is 4.79 Å². The molecule has 0 fully saturated rings. The molecule has 0 aromatic heterocycles. The molecule has 0 N–H and O–H groups in total. The number of alkyl halides is 3. The molecule has 0 aliphatic carbocycles. The van der Waals surface area contributed by atoms with Gasteiger partial charge in [0.2, 0.25) is 0 Å². The van der Waals surface area contributed by atoms with Gasteiger partial charge >= 0.3 is 6.18 Å². The molecule has 1 nitrogen and oxygen atoms in total. The zero-order chi connectivity index (χ0) is 15.7. The Morgan fingerprint density at radius 3 is 2.29 bits per heavy atom. The third kappa shape index (κ3) is 7.11. The van der Waals surface area contributed by atoms with Gasteiger partial charge in [-0.1, -0.05) is 72.4 Å². The van der Waals surface area contributed by atoms with E-state index in [4.69, 9.17) is 0 Å². The Bertz CT molecular complexity index is 576. The second kappa shape index (κ2) is 8.04. The smallest absolute Gasteiger partial charge is 0.285 e. The molecule has 0 heterocycles. The van der Waals surface area contributed by atoms with Crippen molar-refractivity contribution in [3.8, 4) is 0 Å². The molecule has 0 unspecified atom stereocenters. The molecule has 0 radical (unpaired) electrons. The quantitative estimate of drug-likeness (QED) is 0.558. The van der Waals surface area contributed by atoms with E-state index in [0.29, 0.717) is 6.08 Å². The highest BCUT2D eigenvalue weighted by molar-refractivity contribution is 5.94. The van der Waals surface area contributed by atoms with Gasteiger partial charge < -0.3 is 0 Å². The van der Waals surface area contributed by atoms with Crippen LogP contribution in [0.15, 0.2) is 72.4 Å². The molecular weight excluding hydrogens is 277 g/mol. The van der Waals surface area contributed by atoms with Crippen molar-refractivity contribution in [3.63, 3.8) is 0 Å². The topological polar surface area (TPSA) is 17.1 Å². The fraction of sp³-hybridized carbons (Fsp3) is 0.118. The number of rotatable bonds is 5. The first-order valence-corrected chi connectivity index (χ1v) is 6.25. The lowest BCUT2D eigenvalue weighted by molar-refractivity contribution is -0.165. The van der Waals surface area contributed by atoms with E-state index in [1.54, 1.807) is 12.2 Å². The van der Waals surface area contributed by atoms with Crippen LogP contribution in [0.4, 0.5) is 13.2 Å². The van der Waals surface area contributed by atoms with Crippen LogP contribution in [-0.4, -0.2) is 12.0 Å². The monoisotopic (exact) mass is 292 g/mol. The Kier molecular flexibility index (Phi) is 6.40. The molecule has 0 saturated carbocycles. The first-order valence-electron chi connectivity index (χ1n) is 6.25. The van der Waals surface area contributed by atoms with E-state index in [2.05, 4.69) is 0 Å². The molecule has 0 amide bonds. The third-order valence-corrected chi connectivity index (χ3v) is 2.45. The number of hydrogen-bond donors (Lipinski definition) is 0. The van der Waals surface area contributed by atoms with Gasteiger partial charge in [0.25, 0.3) is 5.78 Å². The van der Waals surface area contributed by atoms with E-state index < -0.39 is 12.0 Å². The van der Waals surface area contributed by atoms with E-state index in [1.807, 2.05) is 49.4 Å². The van der Waals surface area contributed by atoms with Crippen molar-refractivity contribution in [2.24, 2.45) is 0 Å². The summed E-state index contributed by atoms with van der Waals surface area (Å²) in [6, 6.07) is 9.72. The summed E-state index contributed by atoms with van der Waals surface area (Å²) in [5.74, 6) is -1.86. The number of carbonyl (C=O) groups is 1. The number of hydrogen-bond acceptors (Lipinski definition) is 1. The molecule has 0 saturated heterocycles. The van der Waals surface area contributed by atoms with Crippen molar-refractivity contribution in [2.45, 2.75) is 13.1 Å². The number of benzene rings is 1. The summed E-state index contributed by atoms with van der Waals surface area (Å²) < 4.78 is 35.7. The van der Waals surface area contributed by atoms with Crippen molar-refractivity contribution in [3.05, 3.63) is 77.9 Å². The second-order valence-electron chi connectivity index (χ2n) is 4.26. The Labute approximate surface area is 121 Å². The summed E-state index contributed by atoms with van der Waals surface area (Å²) in [7, 11) is 0. The van der Waals surface area contributed by atoms with Crippen molar-refractivity contribution in [1.82, 2.24) is 0 Å². The lowest BCUT2D eigenvalue weighted by Gasteiger charge is -1.97. The predicted octanol–water partition coefficient (Wildman–Crippen LogP) is 4.89. The highest BCUT2D eigenvalue weighted by Gasteiger charge is 2.35. The SMILES string of the molecule is CC(/C=C/c1ccccc1)=C\C=C\C=C\C(=O)C(F)(F)F. The van der Waals surface area contributed by atoms with Crippen LogP contribution in [0.5, 0.6) is 0 Å². The minimum atomic E-state index is -4.81. The molecule has 1 rings (SSSR count). The summed E-state index contributed by atoms with van der Waals surface area (Å²) in [6.45, 7) is 1.87. The summed E-state index contributed by atoms with van der Waals surface area (Å²) in [4.78, 5) is 10.5. The van der Waals surface area contributed by atoms with Crippen molar-refractivity contribution in [2.75, 3.05) is 0 Å². The molecule has 4 heteroatoms. The standard InChI is InChI=1S/C17H15F3O/c1-14(12-13-15-9-5-3-6-10-15)8-4-2-7-11-16(21)17(18,19)20/h2-13H,1H3/b4-2+,11-7+,13-12+,14-8+. The van der Waals surface area contributed by atoms with Crippen molar-refractivity contribution >= 4 is 11.9 Å². The van der Waals surface area contributed by atoms with Crippen LogP contribution in [0.1, 0.15) is 12.5 Å². The largest absolute Gasteiger partial charge is 0.454 e. The molecule has 21 heavy (non-hydrogen) atoms. The number of halogens is 3. The van der Waals surface area contributed by atoms with Gasteiger partial charge in [-0.05, 0) is 18.6 Å². The van der Waals surface area contributed by atoms with E-state index >= 15 is 0 Å². The zero-order valence-electron chi connectivity index (χ0n) is 11.5. The Morgan fingerprint density at radius 1 is 1.00 bits per heavy atom. The van der Waals surface area contributed by atoms with E-state index in [9.17, 15) is 18.0 Å². The van der Waals surface area contributed by atoms with E-state index in [0.717, 1.165) is 17.2 Å². The van der Waals surface area contributed by atoms with Gasteiger partial charge in [-0.2, -0.15) is 13.2 Å². The molecule has 0 aliphatic heterocycles. The van der Waals surface area contributed by atoms with Crippen LogP contribution in [0.3, 0.4) is 0 Å². The zero-order valence-corrected chi connectivity index (χ0v) is 11.5. The van der Waals surface area contributed by atoms with E-state index in [1.165, 1.54) is 6.08 Å². The van der Waals surface area contributed by atoms with Gasteiger partial charge in [0.1, 0.15) is 0 Å². The fourth-order valence-electron chi connectivity index (χ4n) is 1.36. The summed E-state index contributed by atoms with van der Waals surface area (Å²) in [5.41, 5.74) is 2.00. The van der Waals surface area contributed by atoms with Gasteiger partial charge in [0, 0.05) is 0 Å². The fourth-order valence-corrected chi connectivity index (χ4v) is 1.36. The van der Waals surface area contributed by atoms with Crippen LogP contribution >= 0.6 is 0 Å². The molecule has 0 aliphatic rings. The Hall–Kier alpha value is -2.36. The van der Waals surface area contributed by atoms with Crippen LogP contribution in [0.2, 0.25) is 0 Å². The highest BCUT2D eigenvalue weighted by atomic mass is 19.4. The average Bonchev–Trinajstić information content (AvgIpc) is 2.44. The number of carbonyl (C=O) groups excluding carboxylic acids is 1. The second-order valence-corrected chi connectivity index (χ2v) is 4.26. The normalized spacial score (nSPS) is 13.6. The first kappa shape index (κ1) is 16.7. The lowest BCUT2D eigenvalue weighted by Crippen LogP contribution is -2.19. The maximum absolute atomic E-state index is 11.9. The van der Waals surface area contributed by atoms with Crippen molar-refractivity contribution < 1.29 is 18.0 Å². The minimum absolute atomic E-state index is 0.499. The average molecular weight is 292 g/mol. The van der Waals surface area contributed by atoms with Gasteiger partial charge in [-0.15, -0.1) is 0 Å². The van der Waals surface area contributed by atoms with Crippen molar-refractivity contribution in [1.29, 1.82) is 0 Å². The van der Waals surface area contributed by atoms with Crippen LogP contribution < -0.4 is 0 Å². The maximum Gasteiger partial charge on any atom is 0.454 e. The Balaban J connectivity index is 2.53. The molecule has 1 aromatic carbocycles. The van der Waals surface area contributed by atoms with Crippen LogP contribution in [0, 0.1) is 0 Å². The summed E-state index contributed by atoms with van der Waals surface area (Å²) >= 11 is 0. The predicted molar refractivity (Wildman–Crippen MR) is 78.6 cm³/mol. The third-order valence-electron chi connectivity index (χ3n) is 2.45.